The number of hydrogen-bond donors (Lipinski definition) is 0. The van der Waals surface area contributed by atoms with Crippen LogP contribution in [0.5, 0.6) is 0 Å². The first-order valence-corrected chi connectivity index (χ1v) is 10.4. The van der Waals surface area contributed by atoms with Crippen LogP contribution in [0.15, 0.2) is 60.7 Å². The average molecular weight is 331 g/mol. The van der Waals surface area contributed by atoms with Gasteiger partial charge in [0, 0.05) is 11.1 Å². The van der Waals surface area contributed by atoms with Gasteiger partial charge in [-0.2, -0.15) is 0 Å². The Bertz CT molecular complexity index is 676. The molecule has 0 aliphatic carbocycles. The normalized spacial score (nSPS) is 12.1. The van der Waals surface area contributed by atoms with Crippen LogP contribution >= 0.6 is 11.6 Å². The Morgan fingerprint density at radius 2 is 1.64 bits per heavy atom. The summed E-state index contributed by atoms with van der Waals surface area (Å²) < 4.78 is 4.84. The molecule has 0 radical (unpaired) electrons. The van der Waals surface area contributed by atoms with Crippen LogP contribution in [0.1, 0.15) is 5.56 Å². The van der Waals surface area contributed by atoms with E-state index in [2.05, 4.69) is 25.2 Å². The number of halogens is 1. The molecule has 114 valence electrons. The highest BCUT2D eigenvalue weighted by Gasteiger charge is 2.30. The highest BCUT2D eigenvalue weighted by atomic mass is 35.5. The van der Waals surface area contributed by atoms with Gasteiger partial charge >= 0.3 is 5.97 Å². The van der Waals surface area contributed by atoms with E-state index in [1.165, 1.54) is 12.3 Å². The van der Waals surface area contributed by atoms with Crippen LogP contribution < -0.4 is 5.19 Å². The fourth-order valence-electron chi connectivity index (χ4n) is 2.44. The first-order chi connectivity index (χ1) is 10.4. The summed E-state index contributed by atoms with van der Waals surface area (Å²) in [5, 5.41) is 2.97. The van der Waals surface area contributed by atoms with Crippen LogP contribution in [0, 0.1) is 0 Å². The maximum atomic E-state index is 11.8. The van der Waals surface area contributed by atoms with Crippen molar-refractivity contribution in [2.75, 3.05) is 7.11 Å². The number of carbonyl (C=O) groups excluding carboxylic acids is 1. The maximum Gasteiger partial charge on any atom is 0.330 e. The van der Waals surface area contributed by atoms with Crippen molar-refractivity contribution in [3.05, 3.63) is 71.3 Å². The van der Waals surface area contributed by atoms with Gasteiger partial charge in [-0.15, -0.1) is 0 Å². The topological polar surface area (TPSA) is 26.3 Å². The van der Waals surface area contributed by atoms with Crippen molar-refractivity contribution < 1.29 is 9.53 Å². The third kappa shape index (κ3) is 3.67. The lowest BCUT2D eigenvalue weighted by molar-refractivity contribution is -0.134. The molecular weight excluding hydrogens is 312 g/mol. The molecule has 0 fully saturated rings. The van der Waals surface area contributed by atoms with Gasteiger partial charge in [-0.25, -0.2) is 4.79 Å². The van der Waals surface area contributed by atoms with E-state index < -0.39 is 8.07 Å². The van der Waals surface area contributed by atoms with Crippen LogP contribution in [0.25, 0.3) is 5.20 Å². The van der Waals surface area contributed by atoms with Gasteiger partial charge in [0.25, 0.3) is 0 Å². The van der Waals surface area contributed by atoms with Gasteiger partial charge in [0.2, 0.25) is 0 Å². The molecule has 2 nitrogen and oxygen atoms in total. The second-order valence-corrected chi connectivity index (χ2v) is 10.4. The van der Waals surface area contributed by atoms with E-state index in [0.717, 1.165) is 10.8 Å². The fraction of sp³-hybridized carbons (Fsp3) is 0.167. The molecule has 2 aromatic rings. The summed E-state index contributed by atoms with van der Waals surface area (Å²) in [5.41, 5.74) is 1.01. The molecule has 0 N–H and O–H groups in total. The van der Waals surface area contributed by atoms with E-state index in [9.17, 15) is 4.79 Å². The van der Waals surface area contributed by atoms with E-state index in [1.807, 2.05) is 42.5 Å². The Balaban J connectivity index is 2.56. The van der Waals surface area contributed by atoms with Gasteiger partial charge in [-0.1, -0.05) is 72.3 Å². The number of esters is 1. The Kier molecular flexibility index (Phi) is 5.22. The van der Waals surface area contributed by atoms with Gasteiger partial charge in [0.15, 0.2) is 0 Å². The predicted molar refractivity (Wildman–Crippen MR) is 95.0 cm³/mol. The molecule has 0 saturated heterocycles. The molecule has 0 heterocycles. The van der Waals surface area contributed by atoms with Crippen LogP contribution in [0.3, 0.4) is 0 Å². The summed E-state index contributed by atoms with van der Waals surface area (Å²) in [4.78, 5) is 11.8. The van der Waals surface area contributed by atoms with Crippen LogP contribution in [-0.4, -0.2) is 21.2 Å². The molecule has 0 atom stereocenters. The quantitative estimate of drug-likeness (QED) is 0.480. The lowest BCUT2D eigenvalue weighted by atomic mass is 10.2. The van der Waals surface area contributed by atoms with Crippen LogP contribution in [-0.2, 0) is 9.53 Å². The molecule has 0 amide bonds. The van der Waals surface area contributed by atoms with Crippen molar-refractivity contribution in [1.82, 2.24) is 0 Å². The van der Waals surface area contributed by atoms with Gasteiger partial charge < -0.3 is 4.74 Å². The van der Waals surface area contributed by atoms with E-state index >= 15 is 0 Å². The zero-order valence-corrected chi connectivity index (χ0v) is 14.7. The molecule has 0 aliphatic rings. The monoisotopic (exact) mass is 330 g/mol. The van der Waals surface area contributed by atoms with E-state index in [4.69, 9.17) is 16.3 Å². The smallest absolute Gasteiger partial charge is 0.330 e. The van der Waals surface area contributed by atoms with Crippen molar-refractivity contribution in [3.8, 4) is 0 Å². The average Bonchev–Trinajstić information content (AvgIpc) is 2.54. The highest BCUT2D eigenvalue weighted by Crippen LogP contribution is 2.27. The lowest BCUT2D eigenvalue weighted by Gasteiger charge is -2.27. The molecule has 4 heteroatoms. The van der Waals surface area contributed by atoms with Crippen LogP contribution in [0.4, 0.5) is 0 Å². The van der Waals surface area contributed by atoms with Crippen LogP contribution in [0.2, 0.25) is 18.1 Å². The van der Waals surface area contributed by atoms with Gasteiger partial charge in [0.05, 0.1) is 7.11 Å². The molecule has 22 heavy (non-hydrogen) atoms. The molecule has 0 spiro atoms. The molecule has 2 aromatic carbocycles. The summed E-state index contributed by atoms with van der Waals surface area (Å²) in [6.07, 6.45) is 1.61. The highest BCUT2D eigenvalue weighted by molar-refractivity contribution is 7.04. The SMILES string of the molecule is COC(=O)/C=C(\c1ccc(Cl)cc1)[Si](C)(C)c1ccccc1. The van der Waals surface area contributed by atoms with Crippen molar-refractivity contribution in [3.63, 3.8) is 0 Å². The van der Waals surface area contributed by atoms with Crippen molar-refractivity contribution in [2.45, 2.75) is 13.1 Å². The molecule has 0 bridgehead atoms. The first-order valence-electron chi connectivity index (χ1n) is 7.06. The Morgan fingerprint density at radius 3 is 2.18 bits per heavy atom. The molecule has 0 unspecified atom stereocenters. The molecule has 2 rings (SSSR count). The minimum Gasteiger partial charge on any atom is -0.466 e. The number of rotatable bonds is 4. The van der Waals surface area contributed by atoms with Crippen molar-refractivity contribution in [1.29, 1.82) is 0 Å². The van der Waals surface area contributed by atoms with Crippen molar-refractivity contribution >= 4 is 36.0 Å². The largest absolute Gasteiger partial charge is 0.466 e. The Morgan fingerprint density at radius 1 is 1.05 bits per heavy atom. The molecular formula is C18H19ClO2Si. The minimum atomic E-state index is -2.03. The van der Waals surface area contributed by atoms with Crippen molar-refractivity contribution in [2.24, 2.45) is 0 Å². The number of methoxy groups -OCH3 is 1. The third-order valence-electron chi connectivity index (χ3n) is 3.79. The Labute approximate surface area is 137 Å². The van der Waals surface area contributed by atoms with Gasteiger partial charge in [-0.05, 0) is 22.9 Å². The van der Waals surface area contributed by atoms with E-state index in [0.29, 0.717) is 5.02 Å². The predicted octanol–water partition coefficient (Wildman–Crippen LogP) is 4.05. The maximum absolute atomic E-state index is 11.8. The second kappa shape index (κ2) is 6.94. The zero-order valence-electron chi connectivity index (χ0n) is 13.0. The number of benzene rings is 2. The summed E-state index contributed by atoms with van der Waals surface area (Å²) in [6, 6.07) is 17.9. The summed E-state index contributed by atoms with van der Waals surface area (Å²) in [6.45, 7) is 4.46. The number of ether oxygens (including phenoxy) is 1. The summed E-state index contributed by atoms with van der Waals surface area (Å²) in [5.74, 6) is -0.332. The molecule has 0 aromatic heterocycles. The fourth-order valence-corrected chi connectivity index (χ4v) is 5.27. The van der Waals surface area contributed by atoms with E-state index in [1.54, 1.807) is 6.08 Å². The first kappa shape index (κ1) is 16.5. The summed E-state index contributed by atoms with van der Waals surface area (Å²) >= 11 is 5.98. The minimum absolute atomic E-state index is 0.332. The molecule has 0 saturated carbocycles. The van der Waals surface area contributed by atoms with Gasteiger partial charge in [-0.3, -0.25) is 0 Å². The van der Waals surface area contributed by atoms with Gasteiger partial charge in [0.1, 0.15) is 8.07 Å². The molecule has 0 aliphatic heterocycles. The standard InChI is InChI=1S/C18H19ClO2Si/c1-21-18(20)13-17(14-9-11-15(19)12-10-14)22(2,3)16-7-5-4-6-8-16/h4-13H,1-3H3/b17-13+. The lowest BCUT2D eigenvalue weighted by Crippen LogP contribution is -2.43. The summed E-state index contributed by atoms with van der Waals surface area (Å²) in [7, 11) is -0.631. The third-order valence-corrected chi connectivity index (χ3v) is 7.60. The van der Waals surface area contributed by atoms with E-state index in [-0.39, 0.29) is 5.97 Å². The Hall–Kier alpha value is -1.84. The number of carbonyl (C=O) groups is 1. The zero-order chi connectivity index (χ0) is 16.2. The second-order valence-electron chi connectivity index (χ2n) is 5.58. The number of hydrogen-bond acceptors (Lipinski definition) is 2.